The van der Waals surface area contributed by atoms with E-state index in [0.717, 1.165) is 29.8 Å². The molecule has 3 heterocycles. The summed E-state index contributed by atoms with van der Waals surface area (Å²) in [7, 11) is 0. The summed E-state index contributed by atoms with van der Waals surface area (Å²) in [6.45, 7) is 0.894. The minimum absolute atomic E-state index is 0.132. The average molecular weight is 260 g/mol. The van der Waals surface area contributed by atoms with Gasteiger partial charge in [0.25, 0.3) is 5.91 Å². The molecule has 2 saturated heterocycles. The van der Waals surface area contributed by atoms with E-state index < -0.39 is 0 Å². The Kier molecular flexibility index (Phi) is 2.14. The van der Waals surface area contributed by atoms with Crippen LogP contribution in [0.4, 0.5) is 0 Å². The molecular weight excluding hydrogens is 248 g/mol. The van der Waals surface area contributed by atoms with E-state index in [1.54, 1.807) is 0 Å². The van der Waals surface area contributed by atoms with E-state index >= 15 is 0 Å². The number of nitrogens with zero attached hydrogens (tertiary/aromatic N) is 3. The minimum Gasteiger partial charge on any atom is -0.334 e. The number of thioether (sulfide) groups is 1. The molecule has 5 nitrogen and oxygen atoms in total. The molecule has 1 N–H and O–H groups in total. The van der Waals surface area contributed by atoms with Crippen LogP contribution in [0, 0.1) is 0 Å². The second kappa shape index (κ2) is 3.71. The minimum atomic E-state index is 0.132. The highest BCUT2D eigenvalue weighted by atomic mass is 32.2. The summed E-state index contributed by atoms with van der Waals surface area (Å²) >= 11 is 1.99. The lowest BCUT2D eigenvalue weighted by Crippen LogP contribution is -2.39. The van der Waals surface area contributed by atoms with Gasteiger partial charge in [-0.3, -0.25) is 4.79 Å². The summed E-state index contributed by atoms with van der Waals surface area (Å²) in [5, 5.41) is 11.2. The predicted octanol–water partition coefficient (Wildman–Crippen LogP) is 1.29. The maximum absolute atomic E-state index is 12.5. The average Bonchev–Trinajstić information content (AvgIpc) is 3.12. The molecule has 18 heavy (non-hydrogen) atoms. The number of carbonyl (C=O) groups is 1. The van der Waals surface area contributed by atoms with Crippen molar-refractivity contribution < 1.29 is 4.79 Å². The largest absolute Gasteiger partial charge is 0.334 e. The first-order chi connectivity index (χ1) is 8.81. The number of aromatic nitrogens is 3. The number of likely N-dealkylation sites (tertiary alicyclic amines) is 1. The van der Waals surface area contributed by atoms with Gasteiger partial charge in [-0.25, -0.2) is 0 Å². The molecular formula is C12H12N4OS. The van der Waals surface area contributed by atoms with Crippen molar-refractivity contribution in [2.45, 2.75) is 17.7 Å². The number of carbonyl (C=O) groups excluding carboxylic acids is 1. The van der Waals surface area contributed by atoms with Gasteiger partial charge in [0.05, 0.1) is 0 Å². The number of rotatable bonds is 1. The monoisotopic (exact) mass is 260 g/mol. The van der Waals surface area contributed by atoms with Gasteiger partial charge < -0.3 is 4.90 Å². The third-order valence-corrected chi connectivity index (χ3v) is 5.11. The lowest BCUT2D eigenvalue weighted by Gasteiger charge is -2.26. The van der Waals surface area contributed by atoms with Crippen LogP contribution in [0.1, 0.15) is 16.8 Å². The highest BCUT2D eigenvalue weighted by Crippen LogP contribution is 2.38. The number of benzene rings is 1. The first-order valence-electron chi connectivity index (χ1n) is 6.04. The van der Waals surface area contributed by atoms with Crippen molar-refractivity contribution in [1.29, 1.82) is 0 Å². The van der Waals surface area contributed by atoms with E-state index in [1.165, 1.54) is 0 Å². The van der Waals surface area contributed by atoms with Crippen LogP contribution in [0.5, 0.6) is 0 Å². The summed E-state index contributed by atoms with van der Waals surface area (Å²) < 4.78 is 0. The molecule has 0 saturated carbocycles. The van der Waals surface area contributed by atoms with Gasteiger partial charge in [0.2, 0.25) is 0 Å². The van der Waals surface area contributed by atoms with Gasteiger partial charge in [0.1, 0.15) is 11.0 Å². The summed E-state index contributed by atoms with van der Waals surface area (Å²) in [4.78, 5) is 14.5. The molecule has 0 spiro atoms. The number of nitrogens with one attached hydrogen (secondary N) is 1. The number of aromatic amines is 1. The van der Waals surface area contributed by atoms with E-state index in [4.69, 9.17) is 0 Å². The zero-order valence-corrected chi connectivity index (χ0v) is 10.5. The van der Waals surface area contributed by atoms with Crippen LogP contribution in [0.3, 0.4) is 0 Å². The smallest absolute Gasteiger partial charge is 0.254 e. The van der Waals surface area contributed by atoms with Crippen LogP contribution in [0.2, 0.25) is 0 Å². The van der Waals surface area contributed by atoms with E-state index in [-0.39, 0.29) is 5.91 Å². The van der Waals surface area contributed by atoms with E-state index in [9.17, 15) is 4.79 Å². The van der Waals surface area contributed by atoms with E-state index in [0.29, 0.717) is 16.9 Å². The summed E-state index contributed by atoms with van der Waals surface area (Å²) in [5.41, 5.74) is 2.26. The van der Waals surface area contributed by atoms with E-state index in [2.05, 4.69) is 15.4 Å². The molecule has 0 radical (unpaired) electrons. The SMILES string of the molecule is O=C(c1ccc2n[nH]nc2c1)N1CC2CC1CS2. The highest BCUT2D eigenvalue weighted by molar-refractivity contribution is 8.00. The van der Waals surface area contributed by atoms with Crippen LogP contribution in [0.15, 0.2) is 18.2 Å². The fraction of sp³-hybridized carbons (Fsp3) is 0.417. The summed E-state index contributed by atoms with van der Waals surface area (Å²) in [6, 6.07) is 5.93. The fourth-order valence-electron chi connectivity index (χ4n) is 2.79. The molecule has 0 aliphatic carbocycles. The van der Waals surface area contributed by atoms with Crippen LogP contribution < -0.4 is 0 Å². The zero-order chi connectivity index (χ0) is 12.1. The summed E-state index contributed by atoms with van der Waals surface area (Å²) in [6.07, 6.45) is 1.16. The van der Waals surface area contributed by atoms with Crippen molar-refractivity contribution in [3.05, 3.63) is 23.8 Å². The molecule has 1 amide bonds. The van der Waals surface area contributed by atoms with Crippen LogP contribution >= 0.6 is 11.8 Å². The standard InChI is InChI=1S/C12H12N4OS/c17-12(16-5-9-4-8(16)6-18-9)7-1-2-10-11(3-7)14-15-13-10/h1-3,8-9H,4-6H2,(H,13,14,15). The third-order valence-electron chi connectivity index (χ3n) is 3.72. The first kappa shape index (κ1) is 10.4. The van der Waals surface area contributed by atoms with Gasteiger partial charge in [-0.2, -0.15) is 27.2 Å². The van der Waals surface area contributed by atoms with Crippen LogP contribution in [-0.4, -0.2) is 49.8 Å². The van der Waals surface area contributed by atoms with Crippen molar-refractivity contribution in [3.8, 4) is 0 Å². The zero-order valence-electron chi connectivity index (χ0n) is 9.67. The summed E-state index contributed by atoms with van der Waals surface area (Å²) in [5.74, 6) is 1.22. The number of hydrogen-bond acceptors (Lipinski definition) is 4. The lowest BCUT2D eigenvalue weighted by atomic mass is 10.1. The Labute approximate surface area is 108 Å². The normalized spacial score (nSPS) is 26.1. The van der Waals surface area contributed by atoms with Crippen molar-refractivity contribution >= 4 is 28.7 Å². The number of hydrogen-bond donors (Lipinski definition) is 1. The number of fused-ring (bicyclic) bond motifs is 3. The molecule has 4 rings (SSSR count). The quantitative estimate of drug-likeness (QED) is 0.839. The Balaban J connectivity index is 1.67. The van der Waals surface area contributed by atoms with Gasteiger partial charge >= 0.3 is 0 Å². The maximum Gasteiger partial charge on any atom is 0.254 e. The molecule has 92 valence electrons. The molecule has 2 aliphatic heterocycles. The molecule has 2 unspecified atom stereocenters. The molecule has 2 bridgehead atoms. The van der Waals surface area contributed by atoms with Crippen molar-refractivity contribution in [2.24, 2.45) is 0 Å². The molecule has 1 aromatic carbocycles. The molecule has 2 atom stereocenters. The highest BCUT2D eigenvalue weighted by Gasteiger charge is 2.41. The first-order valence-corrected chi connectivity index (χ1v) is 7.09. The van der Waals surface area contributed by atoms with Crippen molar-refractivity contribution in [3.63, 3.8) is 0 Å². The van der Waals surface area contributed by atoms with Gasteiger partial charge in [-0.05, 0) is 24.6 Å². The van der Waals surface area contributed by atoms with Crippen LogP contribution in [-0.2, 0) is 0 Å². The van der Waals surface area contributed by atoms with Crippen molar-refractivity contribution in [1.82, 2.24) is 20.3 Å². The maximum atomic E-state index is 12.5. The third kappa shape index (κ3) is 1.45. The molecule has 6 heteroatoms. The predicted molar refractivity (Wildman–Crippen MR) is 69.6 cm³/mol. The Bertz CT molecular complexity index is 625. The van der Waals surface area contributed by atoms with E-state index in [1.807, 2.05) is 34.9 Å². The van der Waals surface area contributed by atoms with Crippen molar-refractivity contribution in [2.75, 3.05) is 12.3 Å². The Morgan fingerprint density at radius 3 is 3.06 bits per heavy atom. The number of amides is 1. The van der Waals surface area contributed by atoms with Gasteiger partial charge in [-0.1, -0.05) is 0 Å². The lowest BCUT2D eigenvalue weighted by molar-refractivity contribution is 0.0747. The molecule has 2 aromatic rings. The van der Waals surface area contributed by atoms with Gasteiger partial charge in [0.15, 0.2) is 0 Å². The Hall–Kier alpha value is -1.56. The Morgan fingerprint density at radius 1 is 1.39 bits per heavy atom. The topological polar surface area (TPSA) is 61.9 Å². The molecule has 2 aliphatic rings. The molecule has 2 fully saturated rings. The second-order valence-corrected chi connectivity index (χ2v) is 6.16. The second-order valence-electron chi connectivity index (χ2n) is 4.83. The molecule has 1 aromatic heterocycles. The van der Waals surface area contributed by atoms with Crippen LogP contribution in [0.25, 0.3) is 11.0 Å². The number of H-pyrrole nitrogens is 1. The van der Waals surface area contributed by atoms with Gasteiger partial charge in [0, 0.05) is 29.2 Å². The Morgan fingerprint density at radius 2 is 2.28 bits per heavy atom. The fourth-order valence-corrected chi connectivity index (χ4v) is 4.22. The van der Waals surface area contributed by atoms with Gasteiger partial charge in [-0.15, -0.1) is 0 Å².